The van der Waals surface area contributed by atoms with Crippen molar-refractivity contribution in [2.24, 2.45) is 0 Å². The Balaban J connectivity index is 2.35. The Bertz CT molecular complexity index is 926. The number of sulfonamides is 1. The molecule has 6 heteroatoms. The van der Waals surface area contributed by atoms with Crippen LogP contribution >= 0.6 is 0 Å². The van der Waals surface area contributed by atoms with Gasteiger partial charge in [-0.2, -0.15) is 9.57 Å². The van der Waals surface area contributed by atoms with Crippen molar-refractivity contribution >= 4 is 15.8 Å². The number of carbonyl (C=O) groups is 1. The molecule has 2 aromatic rings. The molecule has 0 aromatic heterocycles. The maximum absolute atomic E-state index is 12.9. The Morgan fingerprint density at radius 3 is 2.48 bits per heavy atom. The molecule has 25 heavy (non-hydrogen) atoms. The second-order valence-corrected chi connectivity index (χ2v) is 7.42. The van der Waals surface area contributed by atoms with Crippen LogP contribution in [0.25, 0.3) is 0 Å². The third-order valence-corrected chi connectivity index (χ3v) is 5.47. The zero-order valence-corrected chi connectivity index (χ0v) is 14.7. The van der Waals surface area contributed by atoms with Gasteiger partial charge in [0.15, 0.2) is 5.78 Å². The van der Waals surface area contributed by atoms with Crippen LogP contribution in [0.1, 0.15) is 28.4 Å². The van der Waals surface area contributed by atoms with Crippen molar-refractivity contribution in [2.45, 2.75) is 18.4 Å². The smallest absolute Gasteiger partial charge is 0.243 e. The molecule has 5 nitrogen and oxygen atoms in total. The Kier molecular flexibility index (Phi) is 5.86. The lowest BCUT2D eigenvalue weighted by molar-refractivity contribution is 0.101. The average molecular weight is 354 g/mol. The van der Waals surface area contributed by atoms with E-state index in [2.05, 4.69) is 6.58 Å². The van der Waals surface area contributed by atoms with E-state index in [1.165, 1.54) is 41.6 Å². The van der Waals surface area contributed by atoms with Gasteiger partial charge in [0.05, 0.1) is 16.5 Å². The normalized spacial score (nSPS) is 11.1. The van der Waals surface area contributed by atoms with E-state index in [4.69, 9.17) is 5.26 Å². The third kappa shape index (κ3) is 4.41. The Morgan fingerprint density at radius 2 is 1.92 bits per heavy atom. The van der Waals surface area contributed by atoms with Crippen molar-refractivity contribution in [1.29, 1.82) is 5.26 Å². The van der Waals surface area contributed by atoms with E-state index in [0.29, 0.717) is 16.7 Å². The molecule has 0 saturated heterocycles. The summed E-state index contributed by atoms with van der Waals surface area (Å²) in [5.41, 5.74) is 1.64. The summed E-state index contributed by atoms with van der Waals surface area (Å²) in [5.74, 6) is -0.125. The predicted octanol–water partition coefficient (Wildman–Crippen LogP) is 3.14. The SMILES string of the molecule is C=CCN(Cc1cccc(C#N)c1)S(=O)(=O)c1ccc(C(C)=O)cc1. The summed E-state index contributed by atoms with van der Waals surface area (Å²) < 4.78 is 27.1. The summed E-state index contributed by atoms with van der Waals surface area (Å²) in [4.78, 5) is 11.5. The van der Waals surface area contributed by atoms with Gasteiger partial charge in [0.1, 0.15) is 0 Å². The molecule has 0 radical (unpaired) electrons. The predicted molar refractivity (Wildman–Crippen MR) is 95.4 cm³/mol. The molecule has 0 spiro atoms. The van der Waals surface area contributed by atoms with Crippen molar-refractivity contribution in [3.8, 4) is 6.07 Å². The van der Waals surface area contributed by atoms with Crippen LogP contribution < -0.4 is 0 Å². The fourth-order valence-corrected chi connectivity index (χ4v) is 3.74. The maximum atomic E-state index is 12.9. The van der Waals surface area contributed by atoms with E-state index >= 15 is 0 Å². The van der Waals surface area contributed by atoms with Crippen molar-refractivity contribution in [1.82, 2.24) is 4.31 Å². The number of rotatable bonds is 7. The number of hydrogen-bond acceptors (Lipinski definition) is 4. The summed E-state index contributed by atoms with van der Waals surface area (Å²) >= 11 is 0. The van der Waals surface area contributed by atoms with Crippen molar-refractivity contribution in [2.75, 3.05) is 6.54 Å². The molecule has 2 aromatic carbocycles. The van der Waals surface area contributed by atoms with Gasteiger partial charge < -0.3 is 0 Å². The summed E-state index contributed by atoms with van der Waals surface area (Å²) in [6.07, 6.45) is 1.51. The molecule has 0 amide bonds. The molecule has 0 atom stereocenters. The Hall–Kier alpha value is -2.75. The molecule has 0 fully saturated rings. The monoisotopic (exact) mass is 354 g/mol. The second-order valence-electron chi connectivity index (χ2n) is 5.48. The fraction of sp³-hybridized carbons (Fsp3) is 0.158. The zero-order valence-electron chi connectivity index (χ0n) is 13.8. The second kappa shape index (κ2) is 7.88. The quantitative estimate of drug-likeness (QED) is 0.565. The topological polar surface area (TPSA) is 78.2 Å². The maximum Gasteiger partial charge on any atom is 0.243 e. The van der Waals surface area contributed by atoms with Gasteiger partial charge in [0, 0.05) is 18.7 Å². The van der Waals surface area contributed by atoms with Gasteiger partial charge in [-0.05, 0) is 36.8 Å². The molecule has 0 N–H and O–H groups in total. The van der Waals surface area contributed by atoms with E-state index in [1.807, 2.05) is 6.07 Å². The first-order chi connectivity index (χ1) is 11.9. The van der Waals surface area contributed by atoms with Crippen LogP contribution in [0.2, 0.25) is 0 Å². The lowest BCUT2D eigenvalue weighted by atomic mass is 10.1. The first-order valence-electron chi connectivity index (χ1n) is 7.59. The van der Waals surface area contributed by atoms with Gasteiger partial charge in [-0.15, -0.1) is 6.58 Å². The largest absolute Gasteiger partial charge is 0.295 e. The molecule has 0 heterocycles. The zero-order chi connectivity index (χ0) is 18.4. The molecular formula is C19H18N2O3S. The van der Waals surface area contributed by atoms with E-state index in [-0.39, 0.29) is 23.8 Å². The number of Topliss-reactive ketones (excluding diaryl/α,β-unsaturated/α-hetero) is 1. The standard InChI is InChI=1S/C19H18N2O3S/c1-3-11-21(14-17-6-4-5-16(12-17)13-20)25(23,24)19-9-7-18(8-10-19)15(2)22/h3-10,12H,1,11,14H2,2H3. The van der Waals surface area contributed by atoms with Gasteiger partial charge in [-0.25, -0.2) is 8.42 Å². The van der Waals surface area contributed by atoms with E-state index in [9.17, 15) is 13.2 Å². The van der Waals surface area contributed by atoms with Gasteiger partial charge in [0.2, 0.25) is 10.0 Å². The molecule has 0 aliphatic heterocycles. The van der Waals surface area contributed by atoms with Gasteiger partial charge in [-0.3, -0.25) is 4.79 Å². The molecule has 0 aliphatic carbocycles. The number of benzene rings is 2. The van der Waals surface area contributed by atoms with Crippen LogP contribution in [-0.2, 0) is 16.6 Å². The number of hydrogen-bond donors (Lipinski definition) is 0. The van der Waals surface area contributed by atoms with Crippen LogP contribution in [0.15, 0.2) is 66.1 Å². The average Bonchev–Trinajstić information content (AvgIpc) is 2.61. The lowest BCUT2D eigenvalue weighted by Gasteiger charge is -2.21. The van der Waals surface area contributed by atoms with Crippen molar-refractivity contribution in [3.63, 3.8) is 0 Å². The number of carbonyl (C=O) groups excluding carboxylic acids is 1. The Morgan fingerprint density at radius 1 is 1.24 bits per heavy atom. The minimum Gasteiger partial charge on any atom is -0.295 e. The Labute approximate surface area is 147 Å². The first kappa shape index (κ1) is 18.6. The third-order valence-electron chi connectivity index (χ3n) is 3.65. The lowest BCUT2D eigenvalue weighted by Crippen LogP contribution is -2.30. The van der Waals surface area contributed by atoms with E-state index in [1.54, 1.807) is 24.3 Å². The minimum atomic E-state index is -3.76. The molecular weight excluding hydrogens is 336 g/mol. The molecule has 0 aliphatic rings. The van der Waals surface area contributed by atoms with Crippen molar-refractivity contribution < 1.29 is 13.2 Å². The highest BCUT2D eigenvalue weighted by Gasteiger charge is 2.24. The summed E-state index contributed by atoms with van der Waals surface area (Å²) in [5, 5.41) is 8.98. The molecule has 2 rings (SSSR count). The highest BCUT2D eigenvalue weighted by atomic mass is 32.2. The van der Waals surface area contributed by atoms with Crippen LogP contribution in [0.5, 0.6) is 0 Å². The molecule has 0 unspecified atom stereocenters. The van der Waals surface area contributed by atoms with Crippen LogP contribution in [0.3, 0.4) is 0 Å². The molecule has 128 valence electrons. The first-order valence-corrected chi connectivity index (χ1v) is 9.03. The van der Waals surface area contributed by atoms with Crippen LogP contribution in [-0.4, -0.2) is 25.1 Å². The highest BCUT2D eigenvalue weighted by Crippen LogP contribution is 2.20. The number of nitriles is 1. The number of ketones is 1. The minimum absolute atomic E-state index is 0.107. The van der Waals surface area contributed by atoms with Crippen LogP contribution in [0, 0.1) is 11.3 Å². The summed E-state index contributed by atoms with van der Waals surface area (Å²) in [7, 11) is -3.76. The molecule has 0 saturated carbocycles. The number of nitrogens with zero attached hydrogens (tertiary/aromatic N) is 2. The summed E-state index contributed by atoms with van der Waals surface area (Å²) in [6.45, 7) is 5.30. The van der Waals surface area contributed by atoms with Gasteiger partial charge in [-0.1, -0.05) is 30.3 Å². The highest BCUT2D eigenvalue weighted by molar-refractivity contribution is 7.89. The van der Waals surface area contributed by atoms with Crippen molar-refractivity contribution in [3.05, 3.63) is 77.9 Å². The van der Waals surface area contributed by atoms with Gasteiger partial charge in [0.25, 0.3) is 0 Å². The van der Waals surface area contributed by atoms with Gasteiger partial charge >= 0.3 is 0 Å². The van der Waals surface area contributed by atoms with E-state index < -0.39 is 10.0 Å². The fourth-order valence-electron chi connectivity index (χ4n) is 2.35. The van der Waals surface area contributed by atoms with Crippen LogP contribution in [0.4, 0.5) is 0 Å². The molecule has 0 bridgehead atoms. The summed E-state index contributed by atoms with van der Waals surface area (Å²) in [6, 6.07) is 14.7. The van der Waals surface area contributed by atoms with E-state index in [0.717, 1.165) is 0 Å².